The number of anilines is 1. The molecule has 1 unspecified atom stereocenters. The minimum atomic E-state index is -3.10. The number of phenols is 1. The van der Waals surface area contributed by atoms with E-state index in [-0.39, 0.29) is 28.5 Å². The van der Waals surface area contributed by atoms with Crippen molar-refractivity contribution in [2.24, 2.45) is 0 Å². The fourth-order valence-corrected chi connectivity index (χ4v) is 4.29. The minimum Gasteiger partial charge on any atom is -0.505 e. The van der Waals surface area contributed by atoms with Crippen molar-refractivity contribution in [3.05, 3.63) is 23.8 Å². The van der Waals surface area contributed by atoms with Gasteiger partial charge in [0.2, 0.25) is 0 Å². The number of nitrogen functional groups attached to an aromatic ring is 1. The number of benzene rings is 1. The van der Waals surface area contributed by atoms with E-state index in [1.54, 1.807) is 13.0 Å². The van der Waals surface area contributed by atoms with Crippen LogP contribution < -0.4 is 11.1 Å². The Hall–Kier alpha value is -1.76. The van der Waals surface area contributed by atoms with E-state index in [0.29, 0.717) is 6.42 Å². The summed E-state index contributed by atoms with van der Waals surface area (Å²) >= 11 is 0. The summed E-state index contributed by atoms with van der Waals surface area (Å²) in [6.07, 6.45) is 0.365. The second-order valence-corrected chi connectivity index (χ2v) is 7.28. The van der Waals surface area contributed by atoms with E-state index in [0.717, 1.165) is 0 Å². The van der Waals surface area contributed by atoms with E-state index in [9.17, 15) is 18.3 Å². The normalized spacial score (nSPS) is 25.1. The summed E-state index contributed by atoms with van der Waals surface area (Å²) in [7, 11) is -3.10. The van der Waals surface area contributed by atoms with Gasteiger partial charge in [-0.25, -0.2) is 8.42 Å². The van der Waals surface area contributed by atoms with E-state index < -0.39 is 21.3 Å². The lowest BCUT2D eigenvalue weighted by Gasteiger charge is -2.24. The van der Waals surface area contributed by atoms with Gasteiger partial charge in [0, 0.05) is 0 Å². The quantitative estimate of drug-likeness (QED) is 0.534. The number of carbonyl (C=O) groups is 1. The molecule has 0 aromatic heterocycles. The number of phenolic OH excluding ortho intramolecular Hbond substituents is 1. The van der Waals surface area contributed by atoms with E-state index in [2.05, 4.69) is 5.32 Å². The zero-order valence-corrected chi connectivity index (χ0v) is 11.3. The van der Waals surface area contributed by atoms with Crippen LogP contribution in [0.1, 0.15) is 23.7 Å². The summed E-state index contributed by atoms with van der Waals surface area (Å²) in [4.78, 5) is 12.1. The fourth-order valence-electron chi connectivity index (χ4n) is 2.20. The molecule has 0 aliphatic carbocycles. The first kappa shape index (κ1) is 13.7. The highest BCUT2D eigenvalue weighted by molar-refractivity contribution is 7.91. The van der Waals surface area contributed by atoms with Crippen LogP contribution in [0.3, 0.4) is 0 Å². The van der Waals surface area contributed by atoms with Crippen LogP contribution in [0.4, 0.5) is 5.69 Å². The Balaban J connectivity index is 2.21. The van der Waals surface area contributed by atoms with Gasteiger partial charge < -0.3 is 16.2 Å². The molecule has 104 valence electrons. The first-order valence-corrected chi connectivity index (χ1v) is 7.65. The highest BCUT2D eigenvalue weighted by atomic mass is 32.2. The molecule has 1 aliphatic rings. The maximum absolute atomic E-state index is 12.1. The molecule has 1 aromatic carbocycles. The van der Waals surface area contributed by atoms with Gasteiger partial charge >= 0.3 is 0 Å². The average Bonchev–Trinajstić information content (AvgIpc) is 2.56. The third kappa shape index (κ3) is 2.81. The molecule has 1 fully saturated rings. The Kier molecular flexibility index (Phi) is 3.17. The number of rotatable bonds is 2. The number of nitrogens with two attached hydrogens (primary N) is 1. The molecule has 1 heterocycles. The maximum atomic E-state index is 12.1. The summed E-state index contributed by atoms with van der Waals surface area (Å²) in [6, 6.07) is 4.47. The number of para-hydroxylation sites is 1. The molecular weight excluding hydrogens is 268 g/mol. The molecule has 1 aromatic rings. The predicted molar refractivity (Wildman–Crippen MR) is 71.7 cm³/mol. The zero-order valence-electron chi connectivity index (χ0n) is 10.5. The Morgan fingerprint density at radius 1 is 1.47 bits per heavy atom. The van der Waals surface area contributed by atoms with Crippen molar-refractivity contribution in [3.8, 4) is 5.75 Å². The smallest absolute Gasteiger partial charge is 0.255 e. The number of carbonyl (C=O) groups excluding carboxylic acids is 1. The third-order valence-corrected chi connectivity index (χ3v) is 5.13. The Bertz CT molecular complexity index is 627. The molecule has 1 aliphatic heterocycles. The van der Waals surface area contributed by atoms with Gasteiger partial charge in [0.05, 0.1) is 28.3 Å². The van der Waals surface area contributed by atoms with Gasteiger partial charge in [-0.15, -0.1) is 0 Å². The van der Waals surface area contributed by atoms with Crippen LogP contribution in [0.15, 0.2) is 18.2 Å². The van der Waals surface area contributed by atoms with E-state index in [4.69, 9.17) is 5.73 Å². The summed E-state index contributed by atoms with van der Waals surface area (Å²) in [5.74, 6) is -0.838. The van der Waals surface area contributed by atoms with E-state index in [1.165, 1.54) is 12.1 Å². The summed E-state index contributed by atoms with van der Waals surface area (Å²) < 4.78 is 22.9. The molecule has 6 nitrogen and oxygen atoms in total. The molecule has 0 radical (unpaired) electrons. The first-order chi connectivity index (χ1) is 8.72. The van der Waals surface area contributed by atoms with Crippen molar-refractivity contribution in [3.63, 3.8) is 0 Å². The van der Waals surface area contributed by atoms with Crippen molar-refractivity contribution in [2.75, 3.05) is 17.2 Å². The number of hydrogen-bond acceptors (Lipinski definition) is 5. The van der Waals surface area contributed by atoms with Gasteiger partial charge in [-0.3, -0.25) is 4.79 Å². The van der Waals surface area contributed by atoms with Crippen molar-refractivity contribution in [1.82, 2.24) is 5.32 Å². The molecule has 4 N–H and O–H groups in total. The van der Waals surface area contributed by atoms with Crippen LogP contribution in [-0.4, -0.2) is 36.5 Å². The maximum Gasteiger partial charge on any atom is 0.255 e. The molecule has 1 amide bonds. The molecule has 0 spiro atoms. The molecule has 0 saturated carbocycles. The molecule has 1 atom stereocenters. The highest BCUT2D eigenvalue weighted by Gasteiger charge is 2.39. The summed E-state index contributed by atoms with van der Waals surface area (Å²) in [5, 5.41) is 12.4. The number of sulfone groups is 1. The van der Waals surface area contributed by atoms with Crippen LogP contribution >= 0.6 is 0 Å². The van der Waals surface area contributed by atoms with E-state index >= 15 is 0 Å². The number of aromatic hydroxyl groups is 1. The molecule has 19 heavy (non-hydrogen) atoms. The Morgan fingerprint density at radius 2 is 2.16 bits per heavy atom. The molecule has 7 heteroatoms. The topological polar surface area (TPSA) is 109 Å². The fraction of sp³-hybridized carbons (Fsp3) is 0.417. The van der Waals surface area contributed by atoms with Gasteiger partial charge in [0.25, 0.3) is 5.91 Å². The monoisotopic (exact) mass is 284 g/mol. The first-order valence-electron chi connectivity index (χ1n) is 5.83. The largest absolute Gasteiger partial charge is 0.505 e. The highest BCUT2D eigenvalue weighted by Crippen LogP contribution is 2.27. The van der Waals surface area contributed by atoms with Crippen LogP contribution in [0.25, 0.3) is 0 Å². The van der Waals surface area contributed by atoms with Crippen molar-refractivity contribution in [2.45, 2.75) is 18.9 Å². The van der Waals surface area contributed by atoms with Crippen molar-refractivity contribution >= 4 is 21.4 Å². The third-order valence-electron chi connectivity index (χ3n) is 3.23. The van der Waals surface area contributed by atoms with Crippen molar-refractivity contribution < 1.29 is 18.3 Å². The van der Waals surface area contributed by atoms with Crippen LogP contribution in [0.5, 0.6) is 5.75 Å². The number of amides is 1. The second kappa shape index (κ2) is 4.41. The minimum absolute atomic E-state index is 0.0468. The standard InChI is InChI=1S/C12H16N2O4S/c1-12(5-6-19(17,18)7-12)14-11(16)8-3-2-4-9(13)10(8)15/h2-4,15H,5-7,13H2,1H3,(H,14,16). The lowest BCUT2D eigenvalue weighted by Crippen LogP contribution is -2.46. The Morgan fingerprint density at radius 3 is 2.74 bits per heavy atom. The summed E-state index contributed by atoms with van der Waals surface area (Å²) in [6.45, 7) is 1.68. The lowest BCUT2D eigenvalue weighted by molar-refractivity contribution is 0.0913. The molecule has 1 saturated heterocycles. The SMILES string of the molecule is CC1(NC(=O)c2cccc(N)c2O)CCS(=O)(=O)C1. The van der Waals surface area contributed by atoms with Gasteiger partial charge in [0.1, 0.15) is 0 Å². The molecule has 2 rings (SSSR count). The number of nitrogens with one attached hydrogen (secondary N) is 1. The number of hydrogen-bond donors (Lipinski definition) is 3. The van der Waals surface area contributed by atoms with Crippen molar-refractivity contribution in [1.29, 1.82) is 0 Å². The van der Waals surface area contributed by atoms with Crippen LogP contribution in [0, 0.1) is 0 Å². The van der Waals surface area contributed by atoms with Gasteiger partial charge in [-0.2, -0.15) is 0 Å². The van der Waals surface area contributed by atoms with Gasteiger partial charge in [0.15, 0.2) is 15.6 Å². The average molecular weight is 284 g/mol. The molecule has 0 bridgehead atoms. The second-order valence-electron chi connectivity index (χ2n) is 5.10. The summed E-state index contributed by atoms with van der Waals surface area (Å²) in [5.41, 5.74) is 4.87. The molecular formula is C12H16N2O4S. The van der Waals surface area contributed by atoms with Gasteiger partial charge in [-0.05, 0) is 25.5 Å². The van der Waals surface area contributed by atoms with E-state index in [1.807, 2.05) is 0 Å². The Labute approximate surface area is 111 Å². The lowest BCUT2D eigenvalue weighted by atomic mass is 10.0. The van der Waals surface area contributed by atoms with Crippen LogP contribution in [-0.2, 0) is 9.84 Å². The van der Waals surface area contributed by atoms with Gasteiger partial charge in [-0.1, -0.05) is 6.07 Å². The van der Waals surface area contributed by atoms with Crippen LogP contribution in [0.2, 0.25) is 0 Å². The zero-order chi connectivity index (χ0) is 14.3. The predicted octanol–water partition coefficient (Wildman–Crippen LogP) is 0.281.